The van der Waals surface area contributed by atoms with Crippen LogP contribution in [-0.2, 0) is 4.74 Å². The highest BCUT2D eigenvalue weighted by Crippen LogP contribution is 2.12. The zero-order valence-corrected chi connectivity index (χ0v) is 6.10. The van der Waals surface area contributed by atoms with Gasteiger partial charge in [0, 0.05) is 0 Å². The highest BCUT2D eigenvalue weighted by molar-refractivity contribution is 4.62. The lowest BCUT2D eigenvalue weighted by atomic mass is 10.4. The van der Waals surface area contributed by atoms with Gasteiger partial charge in [-0.25, -0.2) is 8.78 Å². The molecule has 2 nitrogen and oxygen atoms in total. The molecule has 62 valence electrons. The van der Waals surface area contributed by atoms with Gasteiger partial charge in [0.1, 0.15) is 13.2 Å². The maximum absolute atomic E-state index is 12.1. The number of alkyl halides is 2. The van der Waals surface area contributed by atoms with E-state index in [-0.39, 0.29) is 6.10 Å². The van der Waals surface area contributed by atoms with Crippen molar-refractivity contribution >= 4 is 0 Å². The fraction of sp³-hybridized carbons (Fsp3) is 1.00. The van der Waals surface area contributed by atoms with E-state index in [1.807, 2.05) is 0 Å². The molecule has 1 N–H and O–H groups in total. The molecule has 0 fully saturated rings. The Labute approximate surface area is 58.8 Å². The second kappa shape index (κ2) is 3.83. The van der Waals surface area contributed by atoms with Crippen molar-refractivity contribution in [3.05, 3.63) is 0 Å². The van der Waals surface area contributed by atoms with Gasteiger partial charge >= 0.3 is 0 Å². The average Bonchev–Trinajstić information content (AvgIpc) is 1.85. The summed E-state index contributed by atoms with van der Waals surface area (Å²) in [5, 5.41) is 8.08. The summed E-state index contributed by atoms with van der Waals surface area (Å²) in [7, 11) is 0. The molecule has 0 spiro atoms. The lowest BCUT2D eigenvalue weighted by Gasteiger charge is -2.14. The molecule has 0 unspecified atom stereocenters. The van der Waals surface area contributed by atoms with Crippen molar-refractivity contribution in [2.45, 2.75) is 25.9 Å². The topological polar surface area (TPSA) is 29.5 Å². The first-order chi connectivity index (χ1) is 4.48. The van der Waals surface area contributed by atoms with Gasteiger partial charge in [-0.3, -0.25) is 0 Å². The molecule has 0 saturated heterocycles. The molecule has 0 amide bonds. The van der Waals surface area contributed by atoms with Crippen LogP contribution in [0.15, 0.2) is 0 Å². The largest absolute Gasteiger partial charge is 0.390 e. The highest BCUT2D eigenvalue weighted by atomic mass is 19.3. The molecule has 0 atom stereocenters. The fourth-order valence-corrected chi connectivity index (χ4v) is 0.334. The summed E-state index contributed by atoms with van der Waals surface area (Å²) in [6, 6.07) is 0. The van der Waals surface area contributed by atoms with Crippen molar-refractivity contribution in [1.29, 1.82) is 0 Å². The van der Waals surface area contributed by atoms with Crippen molar-refractivity contribution in [2.24, 2.45) is 0 Å². The molecule has 0 radical (unpaired) electrons. The summed E-state index contributed by atoms with van der Waals surface area (Å²) < 4.78 is 28.9. The first-order valence-electron chi connectivity index (χ1n) is 3.08. The number of rotatable bonds is 4. The zero-order valence-electron chi connectivity index (χ0n) is 6.10. The third kappa shape index (κ3) is 4.64. The molecule has 0 aliphatic rings. The number of aliphatic hydroxyl groups excluding tert-OH is 1. The molecular weight excluding hydrogens is 142 g/mol. The van der Waals surface area contributed by atoms with Crippen molar-refractivity contribution in [2.75, 3.05) is 13.2 Å². The van der Waals surface area contributed by atoms with Gasteiger partial charge in [0.05, 0.1) is 6.10 Å². The maximum Gasteiger partial charge on any atom is 0.293 e. The molecule has 0 aliphatic heterocycles. The zero-order chi connectivity index (χ0) is 8.20. The van der Waals surface area contributed by atoms with Gasteiger partial charge in [-0.15, -0.1) is 0 Å². The van der Waals surface area contributed by atoms with Crippen LogP contribution in [0.4, 0.5) is 8.78 Å². The Morgan fingerprint density at radius 3 is 2.30 bits per heavy atom. The van der Waals surface area contributed by atoms with E-state index in [4.69, 9.17) is 5.11 Å². The van der Waals surface area contributed by atoms with E-state index in [0.29, 0.717) is 0 Å². The number of hydrogen-bond acceptors (Lipinski definition) is 2. The van der Waals surface area contributed by atoms with Gasteiger partial charge in [0.2, 0.25) is 0 Å². The lowest BCUT2D eigenvalue weighted by molar-refractivity contribution is -0.118. The predicted octanol–water partition coefficient (Wildman–Crippen LogP) is 1.04. The van der Waals surface area contributed by atoms with Crippen molar-refractivity contribution in [3.63, 3.8) is 0 Å². The Morgan fingerprint density at radius 1 is 1.50 bits per heavy atom. The number of hydrogen-bond donors (Lipinski definition) is 1. The van der Waals surface area contributed by atoms with E-state index in [2.05, 4.69) is 4.74 Å². The van der Waals surface area contributed by atoms with Gasteiger partial charge in [0.15, 0.2) is 0 Å². The van der Waals surface area contributed by atoms with Crippen LogP contribution < -0.4 is 0 Å². The standard InChI is InChI=1S/C6H12F2O2/c1-5(2)10-4-6(7,8)3-9/h5,9H,3-4H2,1-2H3. The Balaban J connectivity index is 3.46. The molecule has 0 saturated carbocycles. The Kier molecular flexibility index (Phi) is 3.75. The molecule has 0 rings (SSSR count). The molecule has 0 aromatic rings. The van der Waals surface area contributed by atoms with Gasteiger partial charge in [-0.2, -0.15) is 0 Å². The second-order valence-corrected chi connectivity index (χ2v) is 2.37. The minimum absolute atomic E-state index is 0.225. The molecule has 0 bridgehead atoms. The average molecular weight is 154 g/mol. The molecule has 0 aromatic heterocycles. The van der Waals surface area contributed by atoms with Gasteiger partial charge < -0.3 is 9.84 Å². The summed E-state index contributed by atoms with van der Waals surface area (Å²) in [4.78, 5) is 0. The summed E-state index contributed by atoms with van der Waals surface area (Å²) in [6.45, 7) is 1.46. The van der Waals surface area contributed by atoms with Crippen LogP contribution in [0.5, 0.6) is 0 Å². The molecule has 0 heterocycles. The molecule has 0 aliphatic carbocycles. The summed E-state index contributed by atoms with van der Waals surface area (Å²) >= 11 is 0. The molecule has 4 heteroatoms. The normalized spacial score (nSPS) is 12.6. The Hall–Kier alpha value is -0.220. The number of aliphatic hydroxyl groups is 1. The smallest absolute Gasteiger partial charge is 0.293 e. The Morgan fingerprint density at radius 2 is 2.00 bits per heavy atom. The monoisotopic (exact) mass is 154 g/mol. The highest BCUT2D eigenvalue weighted by Gasteiger charge is 2.28. The van der Waals surface area contributed by atoms with Crippen LogP contribution in [0.2, 0.25) is 0 Å². The minimum atomic E-state index is -3.09. The summed E-state index contributed by atoms with van der Waals surface area (Å²) in [5.74, 6) is -3.09. The van der Waals surface area contributed by atoms with Crippen LogP contribution in [0.3, 0.4) is 0 Å². The quantitative estimate of drug-likeness (QED) is 0.655. The maximum atomic E-state index is 12.1. The predicted molar refractivity (Wildman–Crippen MR) is 33.1 cm³/mol. The van der Waals surface area contributed by atoms with Crippen LogP contribution in [0.1, 0.15) is 13.8 Å². The van der Waals surface area contributed by atoms with Crippen molar-refractivity contribution < 1.29 is 18.6 Å². The van der Waals surface area contributed by atoms with E-state index in [0.717, 1.165) is 0 Å². The number of halogens is 2. The van der Waals surface area contributed by atoms with E-state index in [9.17, 15) is 8.78 Å². The van der Waals surface area contributed by atoms with Crippen LogP contribution >= 0.6 is 0 Å². The Bertz CT molecular complexity index is 93.7. The van der Waals surface area contributed by atoms with Crippen LogP contribution in [0.25, 0.3) is 0 Å². The lowest BCUT2D eigenvalue weighted by Crippen LogP contribution is -2.29. The first-order valence-corrected chi connectivity index (χ1v) is 3.08. The third-order valence-electron chi connectivity index (χ3n) is 0.859. The minimum Gasteiger partial charge on any atom is -0.390 e. The van der Waals surface area contributed by atoms with E-state index < -0.39 is 19.1 Å². The first kappa shape index (κ1) is 9.78. The number of ether oxygens (including phenoxy) is 1. The second-order valence-electron chi connectivity index (χ2n) is 2.37. The van der Waals surface area contributed by atoms with E-state index in [1.54, 1.807) is 13.8 Å². The summed E-state index contributed by atoms with van der Waals surface area (Å²) in [6.07, 6.45) is -0.225. The van der Waals surface area contributed by atoms with E-state index in [1.165, 1.54) is 0 Å². The van der Waals surface area contributed by atoms with Gasteiger partial charge in [-0.1, -0.05) is 0 Å². The van der Waals surface area contributed by atoms with Crippen molar-refractivity contribution in [1.82, 2.24) is 0 Å². The van der Waals surface area contributed by atoms with Crippen LogP contribution in [0, 0.1) is 0 Å². The summed E-state index contributed by atoms with van der Waals surface area (Å²) in [5.41, 5.74) is 0. The van der Waals surface area contributed by atoms with Crippen molar-refractivity contribution in [3.8, 4) is 0 Å². The van der Waals surface area contributed by atoms with Crippen LogP contribution in [-0.4, -0.2) is 30.3 Å². The van der Waals surface area contributed by atoms with Gasteiger partial charge in [0.25, 0.3) is 5.92 Å². The third-order valence-corrected chi connectivity index (χ3v) is 0.859. The molecule has 0 aromatic carbocycles. The SMILES string of the molecule is CC(C)OCC(F)(F)CO. The van der Waals surface area contributed by atoms with E-state index >= 15 is 0 Å². The molecule has 10 heavy (non-hydrogen) atoms. The van der Waals surface area contributed by atoms with Gasteiger partial charge in [-0.05, 0) is 13.8 Å². The molecular formula is C6H12F2O2. The fourth-order valence-electron chi connectivity index (χ4n) is 0.334.